The number of ether oxygens (including phenoxy) is 1. The van der Waals surface area contributed by atoms with E-state index in [1.54, 1.807) is 18.1 Å². The van der Waals surface area contributed by atoms with Gasteiger partial charge in [-0.2, -0.15) is 0 Å². The molecule has 0 saturated carbocycles. The smallest absolute Gasteiger partial charge is 0.257 e. The molecule has 0 aliphatic rings. The Labute approximate surface area is 125 Å². The number of carbonyl (C=O) groups excluding carboxylic acids is 2. The van der Waals surface area contributed by atoms with Gasteiger partial charge in [0, 0.05) is 32.7 Å². The maximum atomic E-state index is 12.3. The SMILES string of the molecule is CCC(C)NC(=O)CCN(CCOC)C(=O)c1ccoc1. The molecule has 6 nitrogen and oxygen atoms in total. The Morgan fingerprint density at radius 3 is 2.76 bits per heavy atom. The fraction of sp³-hybridized carbons (Fsp3) is 0.600. The van der Waals surface area contributed by atoms with Gasteiger partial charge in [-0.1, -0.05) is 6.92 Å². The summed E-state index contributed by atoms with van der Waals surface area (Å²) in [7, 11) is 1.58. The van der Waals surface area contributed by atoms with Crippen LogP contribution in [0.1, 0.15) is 37.0 Å². The number of hydrogen-bond donors (Lipinski definition) is 1. The Kier molecular flexibility index (Phi) is 7.53. The molecule has 6 heteroatoms. The van der Waals surface area contributed by atoms with E-state index in [1.807, 2.05) is 13.8 Å². The zero-order valence-electron chi connectivity index (χ0n) is 12.9. The average Bonchev–Trinajstić information content (AvgIpc) is 3.00. The summed E-state index contributed by atoms with van der Waals surface area (Å²) < 4.78 is 9.94. The third kappa shape index (κ3) is 5.99. The summed E-state index contributed by atoms with van der Waals surface area (Å²) in [5.41, 5.74) is 0.480. The second-order valence-electron chi connectivity index (χ2n) is 4.92. The van der Waals surface area contributed by atoms with Crippen molar-refractivity contribution < 1.29 is 18.7 Å². The number of methoxy groups -OCH3 is 1. The molecule has 21 heavy (non-hydrogen) atoms. The van der Waals surface area contributed by atoms with E-state index in [-0.39, 0.29) is 24.3 Å². The molecule has 2 amide bonds. The van der Waals surface area contributed by atoms with Crippen LogP contribution in [-0.4, -0.2) is 49.6 Å². The predicted octanol–water partition coefficient (Wildman–Crippen LogP) is 1.67. The van der Waals surface area contributed by atoms with Crippen LogP contribution in [0.4, 0.5) is 0 Å². The van der Waals surface area contributed by atoms with Gasteiger partial charge in [0.15, 0.2) is 0 Å². The van der Waals surface area contributed by atoms with Crippen molar-refractivity contribution in [3.05, 3.63) is 24.2 Å². The molecule has 1 atom stereocenters. The minimum atomic E-state index is -0.155. The minimum Gasteiger partial charge on any atom is -0.472 e. The van der Waals surface area contributed by atoms with Crippen LogP contribution in [0.5, 0.6) is 0 Å². The molecule has 118 valence electrons. The first kappa shape index (κ1) is 17.2. The van der Waals surface area contributed by atoms with Gasteiger partial charge in [0.25, 0.3) is 5.91 Å². The maximum absolute atomic E-state index is 12.3. The van der Waals surface area contributed by atoms with Crippen LogP contribution in [0.25, 0.3) is 0 Å². The Hall–Kier alpha value is -1.82. The summed E-state index contributed by atoms with van der Waals surface area (Å²) in [6, 6.07) is 1.76. The first-order valence-corrected chi connectivity index (χ1v) is 7.18. The highest BCUT2D eigenvalue weighted by atomic mass is 16.5. The standard InChI is InChI=1S/C15H24N2O4/c1-4-12(2)16-14(18)5-7-17(8-10-20-3)15(19)13-6-9-21-11-13/h6,9,11-12H,4-5,7-8,10H2,1-3H3,(H,16,18). The molecule has 1 N–H and O–H groups in total. The lowest BCUT2D eigenvalue weighted by Gasteiger charge is -2.22. The van der Waals surface area contributed by atoms with E-state index in [4.69, 9.17) is 9.15 Å². The summed E-state index contributed by atoms with van der Waals surface area (Å²) in [5.74, 6) is -0.205. The molecule has 1 aromatic heterocycles. The zero-order chi connectivity index (χ0) is 15.7. The van der Waals surface area contributed by atoms with Crippen molar-refractivity contribution in [2.45, 2.75) is 32.7 Å². The maximum Gasteiger partial charge on any atom is 0.257 e. The van der Waals surface area contributed by atoms with E-state index in [0.717, 1.165) is 6.42 Å². The number of amides is 2. The quantitative estimate of drug-likeness (QED) is 0.752. The third-order valence-corrected chi connectivity index (χ3v) is 3.25. The number of carbonyl (C=O) groups is 2. The summed E-state index contributed by atoms with van der Waals surface area (Å²) in [4.78, 5) is 25.7. The predicted molar refractivity (Wildman–Crippen MR) is 79.0 cm³/mol. The Bertz CT molecular complexity index is 431. The largest absolute Gasteiger partial charge is 0.472 e. The average molecular weight is 296 g/mol. The summed E-state index contributed by atoms with van der Waals surface area (Å²) in [5, 5.41) is 2.89. The number of nitrogens with zero attached hydrogens (tertiary/aromatic N) is 1. The fourth-order valence-electron chi connectivity index (χ4n) is 1.77. The molecule has 0 spiro atoms. The van der Waals surface area contributed by atoms with Gasteiger partial charge in [-0.05, 0) is 19.4 Å². The van der Waals surface area contributed by atoms with Gasteiger partial charge in [0.2, 0.25) is 5.91 Å². The monoisotopic (exact) mass is 296 g/mol. The molecule has 0 fully saturated rings. The topological polar surface area (TPSA) is 71.8 Å². The van der Waals surface area contributed by atoms with Gasteiger partial charge < -0.3 is 19.4 Å². The highest BCUT2D eigenvalue weighted by molar-refractivity contribution is 5.94. The van der Waals surface area contributed by atoms with Crippen molar-refractivity contribution in [2.75, 3.05) is 26.8 Å². The molecule has 0 aromatic carbocycles. The van der Waals surface area contributed by atoms with Gasteiger partial charge in [0.1, 0.15) is 6.26 Å². The highest BCUT2D eigenvalue weighted by Crippen LogP contribution is 2.06. The van der Waals surface area contributed by atoms with Gasteiger partial charge >= 0.3 is 0 Å². The highest BCUT2D eigenvalue weighted by Gasteiger charge is 2.18. The molecule has 1 aromatic rings. The number of nitrogens with one attached hydrogen (secondary N) is 1. The Morgan fingerprint density at radius 2 is 2.19 bits per heavy atom. The molecule has 0 radical (unpaired) electrons. The van der Waals surface area contributed by atoms with E-state index in [9.17, 15) is 9.59 Å². The van der Waals surface area contributed by atoms with Crippen LogP contribution in [-0.2, 0) is 9.53 Å². The van der Waals surface area contributed by atoms with Crippen molar-refractivity contribution in [3.8, 4) is 0 Å². The Morgan fingerprint density at radius 1 is 1.43 bits per heavy atom. The van der Waals surface area contributed by atoms with Crippen molar-refractivity contribution in [1.29, 1.82) is 0 Å². The van der Waals surface area contributed by atoms with Gasteiger partial charge in [0.05, 0.1) is 18.4 Å². The molecular weight excluding hydrogens is 272 g/mol. The van der Waals surface area contributed by atoms with Gasteiger partial charge in [-0.25, -0.2) is 0 Å². The lowest BCUT2D eigenvalue weighted by molar-refractivity contribution is -0.121. The van der Waals surface area contributed by atoms with Crippen molar-refractivity contribution in [2.24, 2.45) is 0 Å². The van der Waals surface area contributed by atoms with Crippen molar-refractivity contribution in [3.63, 3.8) is 0 Å². The summed E-state index contributed by atoms with van der Waals surface area (Å²) >= 11 is 0. The van der Waals surface area contributed by atoms with Crippen molar-refractivity contribution in [1.82, 2.24) is 10.2 Å². The van der Waals surface area contributed by atoms with Gasteiger partial charge in [-0.15, -0.1) is 0 Å². The molecule has 1 unspecified atom stereocenters. The van der Waals surface area contributed by atoms with Crippen LogP contribution in [0.2, 0.25) is 0 Å². The Balaban J connectivity index is 2.54. The van der Waals surface area contributed by atoms with Crippen LogP contribution in [0, 0.1) is 0 Å². The van der Waals surface area contributed by atoms with Crippen LogP contribution in [0.15, 0.2) is 23.0 Å². The minimum absolute atomic E-state index is 0.0493. The van der Waals surface area contributed by atoms with Crippen molar-refractivity contribution >= 4 is 11.8 Å². The van der Waals surface area contributed by atoms with Crippen LogP contribution >= 0.6 is 0 Å². The molecular formula is C15H24N2O4. The second kappa shape index (κ2) is 9.18. The van der Waals surface area contributed by atoms with Crippen LogP contribution < -0.4 is 5.32 Å². The van der Waals surface area contributed by atoms with Gasteiger partial charge in [-0.3, -0.25) is 9.59 Å². The molecule has 0 aliphatic carbocycles. The number of furan rings is 1. The van der Waals surface area contributed by atoms with E-state index in [2.05, 4.69) is 5.32 Å². The summed E-state index contributed by atoms with van der Waals surface area (Å²) in [6.07, 6.45) is 4.02. The zero-order valence-corrected chi connectivity index (χ0v) is 12.9. The molecule has 1 heterocycles. The van der Waals surface area contributed by atoms with E-state index < -0.39 is 0 Å². The lowest BCUT2D eigenvalue weighted by Crippen LogP contribution is -2.39. The van der Waals surface area contributed by atoms with E-state index in [0.29, 0.717) is 25.3 Å². The molecule has 1 rings (SSSR count). The molecule has 0 saturated heterocycles. The van der Waals surface area contributed by atoms with E-state index in [1.165, 1.54) is 12.5 Å². The molecule has 0 bridgehead atoms. The fourth-order valence-corrected chi connectivity index (χ4v) is 1.77. The third-order valence-electron chi connectivity index (χ3n) is 3.25. The first-order valence-electron chi connectivity index (χ1n) is 7.18. The lowest BCUT2D eigenvalue weighted by atomic mass is 10.2. The number of rotatable bonds is 9. The number of hydrogen-bond acceptors (Lipinski definition) is 4. The summed E-state index contributed by atoms with van der Waals surface area (Å²) in [6.45, 7) is 5.19. The second-order valence-corrected chi connectivity index (χ2v) is 4.92. The van der Waals surface area contributed by atoms with E-state index >= 15 is 0 Å². The normalized spacial score (nSPS) is 12.0. The molecule has 0 aliphatic heterocycles. The van der Waals surface area contributed by atoms with Crippen LogP contribution in [0.3, 0.4) is 0 Å². The first-order chi connectivity index (χ1) is 10.1.